The molecule has 0 saturated carbocycles. The van der Waals surface area contributed by atoms with Crippen molar-refractivity contribution in [3.63, 3.8) is 0 Å². The summed E-state index contributed by atoms with van der Waals surface area (Å²) in [6.45, 7) is 5.23. The van der Waals surface area contributed by atoms with Crippen molar-refractivity contribution in [1.29, 1.82) is 0 Å². The number of ether oxygens (including phenoxy) is 1. The van der Waals surface area contributed by atoms with Crippen molar-refractivity contribution in [3.8, 4) is 0 Å². The minimum Gasteiger partial charge on any atom is -0.462 e. The van der Waals surface area contributed by atoms with E-state index in [1.54, 1.807) is 19.1 Å². The van der Waals surface area contributed by atoms with Crippen LogP contribution in [0.3, 0.4) is 0 Å². The summed E-state index contributed by atoms with van der Waals surface area (Å²) < 4.78 is 5.96. The van der Waals surface area contributed by atoms with Gasteiger partial charge in [-0.2, -0.15) is 0 Å². The molecule has 2 aromatic heterocycles. The molecule has 0 bridgehead atoms. The lowest BCUT2D eigenvalue weighted by molar-refractivity contribution is 0.0528. The Morgan fingerprint density at radius 2 is 2.19 bits per heavy atom. The summed E-state index contributed by atoms with van der Waals surface area (Å²) in [5, 5.41) is 4.07. The highest BCUT2D eigenvalue weighted by Crippen LogP contribution is 2.33. The van der Waals surface area contributed by atoms with E-state index >= 15 is 0 Å². The Morgan fingerprint density at radius 3 is 2.88 bits per heavy atom. The summed E-state index contributed by atoms with van der Waals surface area (Å²) >= 11 is 7.49. The standard InChI is InChI=1S/C21H25ClN6O3S/c1-3-13-17(22)27-18(24-13)19(29)25-14-8-9-28(10-12(14)23)21-26-15-7-5-6-11(16(15)32-21)20(30)31-4-2/h5-7,12,14H,3-4,8-10,23H2,1-2H3,(H,24,27)(H,25,29)/t12-,14+/m0/s1. The minimum atomic E-state index is -0.351. The molecule has 9 nitrogen and oxygen atoms in total. The van der Waals surface area contributed by atoms with Crippen LogP contribution in [0.5, 0.6) is 0 Å². The number of carbonyl (C=O) groups is 2. The third-order valence-electron chi connectivity index (χ3n) is 5.44. The van der Waals surface area contributed by atoms with E-state index in [1.807, 2.05) is 13.0 Å². The Kier molecular flexibility index (Phi) is 6.63. The summed E-state index contributed by atoms with van der Waals surface area (Å²) in [6.07, 6.45) is 1.32. The molecule has 3 heterocycles. The number of H-pyrrole nitrogens is 1. The van der Waals surface area contributed by atoms with Crippen molar-refractivity contribution in [3.05, 3.63) is 40.4 Å². The normalized spacial score (nSPS) is 18.7. The van der Waals surface area contributed by atoms with Crippen LogP contribution in [0.2, 0.25) is 5.15 Å². The number of esters is 1. The molecule has 3 aromatic rings. The quantitative estimate of drug-likeness (QED) is 0.467. The third-order valence-corrected chi connectivity index (χ3v) is 6.92. The number of aryl methyl sites for hydroxylation is 1. The summed E-state index contributed by atoms with van der Waals surface area (Å²) in [5.41, 5.74) is 8.39. The van der Waals surface area contributed by atoms with E-state index in [0.717, 1.165) is 21.0 Å². The first-order valence-electron chi connectivity index (χ1n) is 10.5. The molecule has 0 radical (unpaired) electrons. The topological polar surface area (TPSA) is 126 Å². The highest BCUT2D eigenvalue weighted by Gasteiger charge is 2.30. The summed E-state index contributed by atoms with van der Waals surface area (Å²) in [7, 11) is 0. The van der Waals surface area contributed by atoms with Gasteiger partial charge in [-0.25, -0.2) is 14.8 Å². The van der Waals surface area contributed by atoms with Crippen molar-refractivity contribution in [2.75, 3.05) is 24.6 Å². The van der Waals surface area contributed by atoms with Gasteiger partial charge in [0, 0.05) is 25.2 Å². The van der Waals surface area contributed by atoms with Crippen molar-refractivity contribution >= 4 is 50.2 Å². The number of carbonyl (C=O) groups excluding carboxylic acids is 2. The van der Waals surface area contributed by atoms with Crippen LogP contribution in [0.15, 0.2) is 18.2 Å². The van der Waals surface area contributed by atoms with Gasteiger partial charge in [0.05, 0.1) is 28.1 Å². The van der Waals surface area contributed by atoms with E-state index in [0.29, 0.717) is 43.3 Å². The Bertz CT molecular complexity index is 1150. The van der Waals surface area contributed by atoms with Crippen LogP contribution in [-0.2, 0) is 11.2 Å². The molecule has 0 unspecified atom stereocenters. The smallest absolute Gasteiger partial charge is 0.339 e. The zero-order valence-electron chi connectivity index (χ0n) is 17.9. The monoisotopic (exact) mass is 476 g/mol. The van der Waals surface area contributed by atoms with Crippen LogP contribution in [0.1, 0.15) is 46.9 Å². The molecule has 2 atom stereocenters. The zero-order chi connectivity index (χ0) is 22.8. The van der Waals surface area contributed by atoms with Gasteiger partial charge >= 0.3 is 5.97 Å². The molecule has 1 aromatic carbocycles. The average Bonchev–Trinajstić information content (AvgIpc) is 3.38. The number of nitrogens with one attached hydrogen (secondary N) is 2. The molecule has 11 heteroatoms. The van der Waals surface area contributed by atoms with Gasteiger partial charge in [-0.1, -0.05) is 35.9 Å². The fourth-order valence-electron chi connectivity index (χ4n) is 3.74. The van der Waals surface area contributed by atoms with Crippen molar-refractivity contribution in [1.82, 2.24) is 20.3 Å². The molecule has 4 rings (SSSR count). The summed E-state index contributed by atoms with van der Waals surface area (Å²) in [6, 6.07) is 4.94. The van der Waals surface area contributed by atoms with Gasteiger partial charge in [-0.15, -0.1) is 0 Å². The molecule has 4 N–H and O–H groups in total. The number of halogens is 1. The average molecular weight is 477 g/mol. The fourth-order valence-corrected chi connectivity index (χ4v) is 5.11. The van der Waals surface area contributed by atoms with E-state index in [4.69, 9.17) is 27.1 Å². The largest absolute Gasteiger partial charge is 0.462 e. The maximum atomic E-state index is 12.6. The van der Waals surface area contributed by atoms with E-state index in [-0.39, 0.29) is 29.8 Å². The lowest BCUT2D eigenvalue weighted by Gasteiger charge is -2.36. The van der Waals surface area contributed by atoms with Crippen LogP contribution < -0.4 is 16.0 Å². The number of fused-ring (bicyclic) bond motifs is 1. The van der Waals surface area contributed by atoms with Gasteiger partial charge < -0.3 is 25.7 Å². The van der Waals surface area contributed by atoms with Crippen LogP contribution in [0.25, 0.3) is 10.2 Å². The Balaban J connectivity index is 1.45. The van der Waals surface area contributed by atoms with Crippen LogP contribution in [0, 0.1) is 0 Å². The SMILES string of the molecule is CCOC(=O)c1cccc2nc(N3CC[C@@H](NC(=O)c4nc(Cl)c(CC)[nH]4)[C@@H](N)C3)sc12. The molecule has 1 aliphatic heterocycles. The first-order valence-corrected chi connectivity index (χ1v) is 11.7. The zero-order valence-corrected chi connectivity index (χ0v) is 19.4. The molecule has 170 valence electrons. The molecular formula is C21H25ClN6O3S. The highest BCUT2D eigenvalue weighted by molar-refractivity contribution is 7.22. The number of nitrogens with zero attached hydrogens (tertiary/aromatic N) is 3. The number of amides is 1. The second-order valence-corrected chi connectivity index (χ2v) is 8.89. The van der Waals surface area contributed by atoms with Gasteiger partial charge in [-0.3, -0.25) is 4.79 Å². The van der Waals surface area contributed by atoms with Gasteiger partial charge in [0.15, 0.2) is 16.1 Å². The summed E-state index contributed by atoms with van der Waals surface area (Å²) in [4.78, 5) is 38.7. The van der Waals surface area contributed by atoms with Gasteiger partial charge in [-0.05, 0) is 31.9 Å². The third kappa shape index (κ3) is 4.43. The lowest BCUT2D eigenvalue weighted by Crippen LogP contribution is -2.58. The maximum absolute atomic E-state index is 12.6. The molecular weight excluding hydrogens is 452 g/mol. The molecule has 32 heavy (non-hydrogen) atoms. The fraction of sp³-hybridized carbons (Fsp3) is 0.429. The molecule has 1 saturated heterocycles. The van der Waals surface area contributed by atoms with E-state index in [2.05, 4.69) is 20.2 Å². The predicted octanol–water partition coefficient (Wildman–Crippen LogP) is 2.75. The number of anilines is 1. The number of aromatic nitrogens is 3. The number of hydrogen-bond donors (Lipinski definition) is 3. The van der Waals surface area contributed by atoms with Crippen molar-refractivity contribution in [2.45, 2.75) is 38.8 Å². The molecule has 1 aliphatic rings. The Labute approximate surface area is 194 Å². The second kappa shape index (κ2) is 9.43. The highest BCUT2D eigenvalue weighted by atomic mass is 35.5. The first-order chi connectivity index (χ1) is 15.4. The molecule has 0 aliphatic carbocycles. The maximum Gasteiger partial charge on any atom is 0.339 e. The number of aromatic amines is 1. The van der Waals surface area contributed by atoms with Crippen molar-refractivity contribution < 1.29 is 14.3 Å². The van der Waals surface area contributed by atoms with E-state index in [9.17, 15) is 9.59 Å². The number of imidazole rings is 1. The number of nitrogens with two attached hydrogens (primary N) is 1. The Hall–Kier alpha value is -2.69. The van der Waals surface area contributed by atoms with Gasteiger partial charge in [0.2, 0.25) is 0 Å². The van der Waals surface area contributed by atoms with Crippen LogP contribution in [-0.4, -0.2) is 58.6 Å². The first kappa shape index (κ1) is 22.5. The van der Waals surface area contributed by atoms with Crippen molar-refractivity contribution in [2.24, 2.45) is 5.73 Å². The molecule has 1 fully saturated rings. The van der Waals surface area contributed by atoms with E-state index in [1.165, 1.54) is 11.3 Å². The summed E-state index contributed by atoms with van der Waals surface area (Å²) in [5.74, 6) is -0.477. The second-order valence-electron chi connectivity index (χ2n) is 7.56. The van der Waals surface area contributed by atoms with Crippen LogP contribution in [0.4, 0.5) is 5.13 Å². The van der Waals surface area contributed by atoms with Gasteiger partial charge in [0.1, 0.15) is 0 Å². The molecule has 1 amide bonds. The van der Waals surface area contributed by atoms with Crippen LogP contribution >= 0.6 is 22.9 Å². The number of hydrogen-bond acceptors (Lipinski definition) is 8. The molecule has 0 spiro atoms. The number of thiazole rings is 1. The van der Waals surface area contributed by atoms with Gasteiger partial charge in [0.25, 0.3) is 5.91 Å². The Morgan fingerprint density at radius 1 is 1.38 bits per heavy atom. The number of rotatable bonds is 6. The number of benzene rings is 1. The minimum absolute atomic E-state index is 0.194. The van der Waals surface area contributed by atoms with E-state index < -0.39 is 0 Å². The predicted molar refractivity (Wildman–Crippen MR) is 125 cm³/mol. The lowest BCUT2D eigenvalue weighted by atomic mass is 10.0. The number of piperidine rings is 1.